The molecule has 1 aromatic heterocycles. The first-order valence-corrected chi connectivity index (χ1v) is 12.4. The highest BCUT2D eigenvalue weighted by Gasteiger charge is 2.30. The van der Waals surface area contributed by atoms with Crippen LogP contribution in [-0.2, 0) is 14.8 Å². The zero-order valence-electron chi connectivity index (χ0n) is 17.4. The number of sulfonamides is 1. The second-order valence-corrected chi connectivity index (χ2v) is 10.1. The lowest BCUT2D eigenvalue weighted by molar-refractivity contribution is -0.120. The number of hydrogen-bond donors (Lipinski definition) is 0. The Morgan fingerprint density at radius 1 is 1.19 bits per heavy atom. The minimum atomic E-state index is -3.47. The van der Waals surface area contributed by atoms with E-state index in [-0.39, 0.29) is 18.9 Å². The molecule has 10 heteroatoms. The minimum Gasteiger partial charge on any atom is -0.494 e. The van der Waals surface area contributed by atoms with Gasteiger partial charge in [0.25, 0.3) is 10.0 Å². The van der Waals surface area contributed by atoms with Crippen molar-refractivity contribution in [3.63, 3.8) is 0 Å². The van der Waals surface area contributed by atoms with Crippen molar-refractivity contribution in [2.75, 3.05) is 50.8 Å². The fourth-order valence-corrected chi connectivity index (χ4v) is 5.96. The topological polar surface area (TPSA) is 93.9 Å². The molecule has 0 aliphatic carbocycles. The number of benzene rings is 1. The summed E-state index contributed by atoms with van der Waals surface area (Å²) in [6.45, 7) is 4.58. The van der Waals surface area contributed by atoms with Gasteiger partial charge in [0.2, 0.25) is 5.91 Å². The number of nitriles is 1. The van der Waals surface area contributed by atoms with Crippen LogP contribution < -0.4 is 9.64 Å². The average molecular weight is 463 g/mol. The summed E-state index contributed by atoms with van der Waals surface area (Å²) in [4.78, 5) is 16.6. The first-order valence-electron chi connectivity index (χ1n) is 10.1. The number of ether oxygens (including phenoxy) is 1. The molecule has 0 N–H and O–H groups in total. The van der Waals surface area contributed by atoms with Crippen LogP contribution in [0.2, 0.25) is 0 Å². The zero-order chi connectivity index (χ0) is 22.3. The van der Waals surface area contributed by atoms with Crippen molar-refractivity contribution in [1.29, 1.82) is 5.26 Å². The highest BCUT2D eigenvalue weighted by Crippen LogP contribution is 2.23. The van der Waals surface area contributed by atoms with Gasteiger partial charge in [0, 0.05) is 38.4 Å². The van der Waals surface area contributed by atoms with Gasteiger partial charge >= 0.3 is 0 Å². The molecule has 0 atom stereocenters. The quantitative estimate of drug-likeness (QED) is 0.568. The summed E-state index contributed by atoms with van der Waals surface area (Å²) in [7, 11) is -3.47. The Bertz CT molecular complexity index is 993. The Morgan fingerprint density at radius 2 is 1.90 bits per heavy atom. The maximum Gasteiger partial charge on any atom is 0.252 e. The van der Waals surface area contributed by atoms with E-state index < -0.39 is 10.0 Å². The van der Waals surface area contributed by atoms with E-state index in [1.807, 2.05) is 24.0 Å². The summed E-state index contributed by atoms with van der Waals surface area (Å²) in [5.74, 6) is 0.607. The molecule has 2 heterocycles. The van der Waals surface area contributed by atoms with E-state index in [2.05, 4.69) is 6.07 Å². The molecule has 0 bridgehead atoms. The van der Waals surface area contributed by atoms with Crippen molar-refractivity contribution in [2.45, 2.75) is 17.6 Å². The lowest BCUT2D eigenvalue weighted by Gasteiger charge is -2.34. The predicted octanol–water partition coefficient (Wildman–Crippen LogP) is 2.40. The van der Waals surface area contributed by atoms with Gasteiger partial charge in [-0.2, -0.15) is 9.57 Å². The molecule has 1 aliphatic heterocycles. The standard InChI is InChI=1S/C21H26N4O4S2/c1-2-29-19-8-6-18(7-9-19)25(11-4-10-22)20(26)17-23-12-14-24(15-13-23)31(27,28)21-5-3-16-30-21/h3,5-9,16H,2,4,11-15,17H2,1H3. The number of carbonyl (C=O) groups is 1. The molecule has 166 valence electrons. The number of rotatable bonds is 9. The van der Waals surface area contributed by atoms with E-state index in [0.29, 0.717) is 49.2 Å². The molecule has 0 spiro atoms. The lowest BCUT2D eigenvalue weighted by Crippen LogP contribution is -2.51. The van der Waals surface area contributed by atoms with E-state index in [1.165, 1.54) is 15.6 Å². The van der Waals surface area contributed by atoms with E-state index in [0.717, 1.165) is 5.75 Å². The van der Waals surface area contributed by atoms with Crippen molar-refractivity contribution in [2.24, 2.45) is 0 Å². The molecule has 8 nitrogen and oxygen atoms in total. The maximum atomic E-state index is 13.0. The van der Waals surface area contributed by atoms with Crippen LogP contribution in [0.15, 0.2) is 46.0 Å². The third-order valence-electron chi connectivity index (χ3n) is 4.99. The third-order valence-corrected chi connectivity index (χ3v) is 8.26. The fraction of sp³-hybridized carbons (Fsp3) is 0.429. The van der Waals surface area contributed by atoms with Gasteiger partial charge in [-0.3, -0.25) is 9.69 Å². The summed E-state index contributed by atoms with van der Waals surface area (Å²) >= 11 is 1.21. The van der Waals surface area contributed by atoms with Crippen molar-refractivity contribution in [3.8, 4) is 11.8 Å². The van der Waals surface area contributed by atoms with Crippen LogP contribution in [0.4, 0.5) is 5.69 Å². The molecular formula is C21H26N4O4S2. The van der Waals surface area contributed by atoms with Crippen molar-refractivity contribution >= 4 is 33.0 Å². The summed E-state index contributed by atoms with van der Waals surface area (Å²) in [6.07, 6.45) is 0.228. The molecule has 3 rings (SSSR count). The molecule has 31 heavy (non-hydrogen) atoms. The number of hydrogen-bond acceptors (Lipinski definition) is 7. The van der Waals surface area contributed by atoms with Crippen LogP contribution in [-0.4, -0.2) is 69.4 Å². The molecule has 0 radical (unpaired) electrons. The molecule has 1 amide bonds. The van der Waals surface area contributed by atoms with Crippen LogP contribution in [0.3, 0.4) is 0 Å². The van der Waals surface area contributed by atoms with Crippen LogP contribution in [0.25, 0.3) is 0 Å². The third kappa shape index (κ3) is 5.83. The van der Waals surface area contributed by atoms with Gasteiger partial charge in [-0.1, -0.05) is 6.07 Å². The number of nitrogens with zero attached hydrogens (tertiary/aromatic N) is 4. The smallest absolute Gasteiger partial charge is 0.252 e. The van der Waals surface area contributed by atoms with Gasteiger partial charge < -0.3 is 9.64 Å². The maximum absolute atomic E-state index is 13.0. The number of anilines is 1. The highest BCUT2D eigenvalue weighted by atomic mass is 32.2. The van der Waals surface area contributed by atoms with E-state index in [4.69, 9.17) is 10.00 Å². The first-order chi connectivity index (χ1) is 15.0. The lowest BCUT2D eigenvalue weighted by atomic mass is 10.2. The van der Waals surface area contributed by atoms with E-state index in [9.17, 15) is 13.2 Å². The van der Waals surface area contributed by atoms with Crippen molar-refractivity contribution in [1.82, 2.24) is 9.21 Å². The molecular weight excluding hydrogens is 436 g/mol. The van der Waals surface area contributed by atoms with Gasteiger partial charge in [-0.15, -0.1) is 11.3 Å². The van der Waals surface area contributed by atoms with Gasteiger partial charge in [0.1, 0.15) is 9.96 Å². The van der Waals surface area contributed by atoms with Crippen molar-refractivity contribution in [3.05, 3.63) is 41.8 Å². The van der Waals surface area contributed by atoms with Gasteiger partial charge in [0.05, 0.1) is 25.6 Å². The summed E-state index contributed by atoms with van der Waals surface area (Å²) in [5.41, 5.74) is 0.711. The molecule has 0 saturated carbocycles. The first kappa shape index (κ1) is 23.2. The molecule has 0 unspecified atom stereocenters. The number of amides is 1. The Kier molecular flexibility index (Phi) is 8.03. The molecule has 1 aromatic carbocycles. The Hall–Kier alpha value is -2.45. The van der Waals surface area contributed by atoms with E-state index in [1.54, 1.807) is 34.5 Å². The van der Waals surface area contributed by atoms with Crippen LogP contribution >= 0.6 is 11.3 Å². The molecule has 1 saturated heterocycles. The largest absolute Gasteiger partial charge is 0.494 e. The normalized spacial score (nSPS) is 15.4. The Morgan fingerprint density at radius 3 is 2.48 bits per heavy atom. The van der Waals surface area contributed by atoms with Crippen LogP contribution in [0.5, 0.6) is 5.75 Å². The Balaban J connectivity index is 1.61. The second kappa shape index (κ2) is 10.7. The molecule has 1 aliphatic rings. The second-order valence-electron chi connectivity index (χ2n) is 6.99. The van der Waals surface area contributed by atoms with E-state index >= 15 is 0 Å². The monoisotopic (exact) mass is 462 g/mol. The minimum absolute atomic E-state index is 0.117. The summed E-state index contributed by atoms with van der Waals surface area (Å²) in [6, 6.07) is 12.7. The Labute approximate surface area is 187 Å². The zero-order valence-corrected chi connectivity index (χ0v) is 19.1. The molecule has 2 aromatic rings. The highest BCUT2D eigenvalue weighted by molar-refractivity contribution is 7.91. The van der Waals surface area contributed by atoms with Gasteiger partial charge in [-0.25, -0.2) is 8.42 Å². The SMILES string of the molecule is CCOc1ccc(N(CCC#N)C(=O)CN2CCN(S(=O)(=O)c3cccs3)CC2)cc1. The summed E-state index contributed by atoms with van der Waals surface area (Å²) < 4.78 is 32.6. The predicted molar refractivity (Wildman–Crippen MR) is 120 cm³/mol. The number of thiophene rings is 1. The number of carbonyl (C=O) groups excluding carboxylic acids is 1. The van der Waals surface area contributed by atoms with Crippen LogP contribution in [0.1, 0.15) is 13.3 Å². The van der Waals surface area contributed by atoms with Gasteiger partial charge in [0.15, 0.2) is 0 Å². The molecule has 1 fully saturated rings. The van der Waals surface area contributed by atoms with Gasteiger partial charge in [-0.05, 0) is 42.6 Å². The fourth-order valence-electron chi connectivity index (χ4n) is 3.39. The van der Waals surface area contributed by atoms with Crippen LogP contribution in [0, 0.1) is 11.3 Å². The number of piperazine rings is 1. The van der Waals surface area contributed by atoms with Crippen molar-refractivity contribution < 1.29 is 17.9 Å². The average Bonchev–Trinajstić information content (AvgIpc) is 3.32. The summed E-state index contributed by atoms with van der Waals surface area (Å²) in [5, 5.41) is 10.7.